The van der Waals surface area contributed by atoms with Crippen molar-refractivity contribution in [3.05, 3.63) is 146 Å². The second-order valence-corrected chi connectivity index (χ2v) is 11.1. The van der Waals surface area contributed by atoms with Crippen molar-refractivity contribution >= 4 is 53.1 Å². The standard InChI is InChI=1S/C38H24S/c1-2-12-25(13-3-1)27-14-4-5-16-29(27)38-32-19-8-6-17-30(32)37(31-18-7-9-20-33(31)38)26-22-23-36-34(24-26)28-15-10-11-21-35(28)39-36/h1-24H. The normalized spacial score (nSPS) is 11.6. The molecular formula is C38H24S. The highest BCUT2D eigenvalue weighted by Crippen LogP contribution is 2.47. The van der Waals surface area contributed by atoms with Gasteiger partial charge in [0.25, 0.3) is 0 Å². The van der Waals surface area contributed by atoms with Gasteiger partial charge in [0.15, 0.2) is 0 Å². The molecule has 8 rings (SSSR count). The van der Waals surface area contributed by atoms with Gasteiger partial charge in [0.1, 0.15) is 0 Å². The Morgan fingerprint density at radius 3 is 1.51 bits per heavy atom. The number of benzene rings is 7. The third-order valence-corrected chi connectivity index (χ3v) is 9.03. The number of rotatable bonds is 3. The second-order valence-electron chi connectivity index (χ2n) is 10.1. The van der Waals surface area contributed by atoms with Crippen molar-refractivity contribution < 1.29 is 0 Å². The summed E-state index contributed by atoms with van der Waals surface area (Å²) in [5, 5.41) is 7.80. The van der Waals surface area contributed by atoms with E-state index in [2.05, 4.69) is 146 Å². The van der Waals surface area contributed by atoms with E-state index in [9.17, 15) is 0 Å². The summed E-state index contributed by atoms with van der Waals surface area (Å²) < 4.78 is 2.68. The molecule has 1 heterocycles. The maximum Gasteiger partial charge on any atom is 0.0355 e. The number of hydrogen-bond donors (Lipinski definition) is 0. The first-order valence-electron chi connectivity index (χ1n) is 13.4. The van der Waals surface area contributed by atoms with Crippen LogP contribution in [-0.4, -0.2) is 0 Å². The Kier molecular flexibility index (Phi) is 5.11. The Bertz CT molecular complexity index is 2110. The molecule has 0 fully saturated rings. The molecular weight excluding hydrogens is 488 g/mol. The Hall–Kier alpha value is -4.72. The summed E-state index contributed by atoms with van der Waals surface area (Å²) in [7, 11) is 0. The van der Waals surface area contributed by atoms with E-state index < -0.39 is 0 Å². The van der Waals surface area contributed by atoms with E-state index in [0.29, 0.717) is 0 Å². The molecule has 0 amide bonds. The van der Waals surface area contributed by atoms with Crippen molar-refractivity contribution in [2.24, 2.45) is 0 Å². The molecule has 0 atom stereocenters. The third-order valence-electron chi connectivity index (χ3n) is 7.88. The van der Waals surface area contributed by atoms with Crippen LogP contribution in [-0.2, 0) is 0 Å². The molecule has 0 bridgehead atoms. The van der Waals surface area contributed by atoms with Crippen LogP contribution in [0, 0.1) is 0 Å². The van der Waals surface area contributed by atoms with Gasteiger partial charge in [-0.05, 0) is 73.1 Å². The molecule has 7 aromatic carbocycles. The highest BCUT2D eigenvalue weighted by molar-refractivity contribution is 7.25. The summed E-state index contributed by atoms with van der Waals surface area (Å²) in [6.45, 7) is 0. The fourth-order valence-corrected chi connectivity index (χ4v) is 7.27. The van der Waals surface area contributed by atoms with Crippen LogP contribution < -0.4 is 0 Å². The fraction of sp³-hybridized carbons (Fsp3) is 0. The molecule has 1 aromatic heterocycles. The zero-order chi connectivity index (χ0) is 25.8. The lowest BCUT2D eigenvalue weighted by atomic mass is 9.83. The quantitative estimate of drug-likeness (QED) is 0.207. The highest BCUT2D eigenvalue weighted by atomic mass is 32.1. The van der Waals surface area contributed by atoms with Gasteiger partial charge >= 0.3 is 0 Å². The predicted molar refractivity (Wildman–Crippen MR) is 171 cm³/mol. The fourth-order valence-electron chi connectivity index (χ4n) is 6.18. The topological polar surface area (TPSA) is 0 Å². The van der Waals surface area contributed by atoms with E-state index in [1.165, 1.54) is 75.1 Å². The predicted octanol–water partition coefficient (Wildman–Crippen LogP) is 11.4. The van der Waals surface area contributed by atoms with Crippen molar-refractivity contribution in [1.82, 2.24) is 0 Å². The average molecular weight is 513 g/mol. The van der Waals surface area contributed by atoms with E-state index in [1.54, 1.807) is 0 Å². The van der Waals surface area contributed by atoms with Crippen molar-refractivity contribution in [2.75, 3.05) is 0 Å². The van der Waals surface area contributed by atoms with Crippen molar-refractivity contribution in [3.8, 4) is 33.4 Å². The molecule has 0 N–H and O–H groups in total. The molecule has 0 nitrogen and oxygen atoms in total. The van der Waals surface area contributed by atoms with Crippen LogP contribution in [0.4, 0.5) is 0 Å². The monoisotopic (exact) mass is 512 g/mol. The van der Waals surface area contributed by atoms with E-state index in [1.807, 2.05) is 11.3 Å². The number of thiophene rings is 1. The average Bonchev–Trinajstić information content (AvgIpc) is 3.38. The largest absolute Gasteiger partial charge is 0.135 e. The van der Waals surface area contributed by atoms with Crippen LogP contribution in [0.5, 0.6) is 0 Å². The van der Waals surface area contributed by atoms with E-state index >= 15 is 0 Å². The molecule has 0 spiro atoms. The van der Waals surface area contributed by atoms with Crippen LogP contribution in [0.15, 0.2) is 146 Å². The van der Waals surface area contributed by atoms with Crippen LogP contribution in [0.1, 0.15) is 0 Å². The maximum absolute atomic E-state index is 2.40. The van der Waals surface area contributed by atoms with Crippen LogP contribution in [0.25, 0.3) is 75.1 Å². The van der Waals surface area contributed by atoms with Gasteiger partial charge in [-0.1, -0.05) is 127 Å². The van der Waals surface area contributed by atoms with Gasteiger partial charge in [-0.2, -0.15) is 0 Å². The number of fused-ring (bicyclic) bond motifs is 5. The lowest BCUT2D eigenvalue weighted by Gasteiger charge is -2.19. The third kappa shape index (κ3) is 3.51. The molecule has 0 saturated heterocycles. The Balaban J connectivity index is 1.48. The van der Waals surface area contributed by atoms with Crippen LogP contribution >= 0.6 is 11.3 Å². The van der Waals surface area contributed by atoms with Gasteiger partial charge in [-0.3, -0.25) is 0 Å². The highest BCUT2D eigenvalue weighted by Gasteiger charge is 2.19. The first-order chi connectivity index (χ1) is 19.4. The maximum atomic E-state index is 2.40. The lowest BCUT2D eigenvalue weighted by molar-refractivity contribution is 1.61. The van der Waals surface area contributed by atoms with Crippen molar-refractivity contribution in [1.29, 1.82) is 0 Å². The van der Waals surface area contributed by atoms with Gasteiger partial charge in [-0.15, -0.1) is 11.3 Å². The minimum Gasteiger partial charge on any atom is -0.135 e. The molecule has 1 heteroatoms. The van der Waals surface area contributed by atoms with Crippen LogP contribution in [0.3, 0.4) is 0 Å². The molecule has 0 unspecified atom stereocenters. The Morgan fingerprint density at radius 1 is 0.308 bits per heavy atom. The molecule has 0 aliphatic carbocycles. The summed E-state index contributed by atoms with van der Waals surface area (Å²) in [6, 6.07) is 53.2. The van der Waals surface area contributed by atoms with E-state index in [-0.39, 0.29) is 0 Å². The second kappa shape index (κ2) is 8.94. The molecule has 0 aliphatic heterocycles. The number of hydrogen-bond acceptors (Lipinski definition) is 1. The molecule has 39 heavy (non-hydrogen) atoms. The van der Waals surface area contributed by atoms with Gasteiger partial charge in [0.2, 0.25) is 0 Å². The summed E-state index contributed by atoms with van der Waals surface area (Å²) in [5.41, 5.74) is 7.63. The van der Waals surface area contributed by atoms with Gasteiger partial charge < -0.3 is 0 Å². The summed E-state index contributed by atoms with van der Waals surface area (Å²) >= 11 is 1.87. The van der Waals surface area contributed by atoms with E-state index in [4.69, 9.17) is 0 Å². The molecule has 182 valence electrons. The molecule has 0 aliphatic rings. The smallest absolute Gasteiger partial charge is 0.0355 e. The summed E-state index contributed by atoms with van der Waals surface area (Å²) in [5.74, 6) is 0. The minimum absolute atomic E-state index is 1.24. The Labute approximate surface area is 231 Å². The first kappa shape index (κ1) is 22.3. The SMILES string of the molecule is c1ccc(-c2ccccc2-c2c3ccccc3c(-c3ccc4sc5ccccc5c4c3)c3ccccc23)cc1. The zero-order valence-electron chi connectivity index (χ0n) is 21.3. The van der Waals surface area contributed by atoms with Crippen molar-refractivity contribution in [3.63, 3.8) is 0 Å². The zero-order valence-corrected chi connectivity index (χ0v) is 22.1. The lowest BCUT2D eigenvalue weighted by Crippen LogP contribution is -1.92. The first-order valence-corrected chi connectivity index (χ1v) is 14.2. The van der Waals surface area contributed by atoms with Crippen LogP contribution in [0.2, 0.25) is 0 Å². The summed E-state index contributed by atoms with van der Waals surface area (Å²) in [4.78, 5) is 0. The minimum atomic E-state index is 1.24. The molecule has 8 aromatic rings. The van der Waals surface area contributed by atoms with Gasteiger partial charge in [0, 0.05) is 20.2 Å². The van der Waals surface area contributed by atoms with E-state index in [0.717, 1.165) is 0 Å². The van der Waals surface area contributed by atoms with Gasteiger partial charge in [-0.25, -0.2) is 0 Å². The van der Waals surface area contributed by atoms with Gasteiger partial charge in [0.05, 0.1) is 0 Å². The molecule has 0 radical (unpaired) electrons. The summed E-state index contributed by atoms with van der Waals surface area (Å²) in [6.07, 6.45) is 0. The molecule has 0 saturated carbocycles. The Morgan fingerprint density at radius 2 is 0.821 bits per heavy atom. The van der Waals surface area contributed by atoms with Crippen molar-refractivity contribution in [2.45, 2.75) is 0 Å².